The van der Waals surface area contributed by atoms with Crippen molar-refractivity contribution < 1.29 is 5.11 Å². The Kier molecular flexibility index (Phi) is 2.22. The zero-order valence-corrected chi connectivity index (χ0v) is 9.24. The zero-order chi connectivity index (χ0) is 10.4. The van der Waals surface area contributed by atoms with Gasteiger partial charge in [0.05, 0.1) is 6.10 Å². The molecule has 1 N–H and O–H groups in total. The van der Waals surface area contributed by atoms with Gasteiger partial charge in [-0.05, 0) is 49.3 Å². The van der Waals surface area contributed by atoms with E-state index in [-0.39, 0.29) is 6.10 Å². The summed E-state index contributed by atoms with van der Waals surface area (Å²) in [5.74, 6) is 1.05. The van der Waals surface area contributed by atoms with Crippen LogP contribution >= 0.6 is 11.6 Å². The van der Waals surface area contributed by atoms with E-state index in [9.17, 15) is 5.11 Å². The third-order valence-electron chi connectivity index (χ3n) is 3.24. The molecule has 1 heterocycles. The van der Waals surface area contributed by atoms with Gasteiger partial charge in [0.2, 0.25) is 0 Å². The largest absolute Gasteiger partial charge is 0.388 e. The van der Waals surface area contributed by atoms with Crippen LogP contribution in [0.4, 0.5) is 0 Å². The minimum absolute atomic E-state index is 0.331. The first-order chi connectivity index (χ1) is 7.24. The van der Waals surface area contributed by atoms with Crippen molar-refractivity contribution in [3.05, 3.63) is 28.5 Å². The Morgan fingerprint density at radius 2 is 2.00 bits per heavy atom. The van der Waals surface area contributed by atoms with Crippen LogP contribution in [0, 0.1) is 5.92 Å². The van der Waals surface area contributed by atoms with Crippen LogP contribution in [0.25, 0.3) is 0 Å². The van der Waals surface area contributed by atoms with Crippen molar-refractivity contribution in [2.45, 2.75) is 37.7 Å². The lowest BCUT2D eigenvalue weighted by atomic mass is 10.0. The molecule has 1 aromatic heterocycles. The molecule has 2 fully saturated rings. The first-order valence-electron chi connectivity index (χ1n) is 5.59. The molecule has 2 nitrogen and oxygen atoms in total. The van der Waals surface area contributed by atoms with E-state index >= 15 is 0 Å². The molecule has 0 bridgehead atoms. The summed E-state index contributed by atoms with van der Waals surface area (Å²) < 4.78 is 0. The number of rotatable bonds is 3. The maximum atomic E-state index is 10.0. The number of aliphatic hydroxyl groups excluding tert-OH is 1. The highest BCUT2D eigenvalue weighted by Gasteiger charge is 2.32. The molecule has 15 heavy (non-hydrogen) atoms. The van der Waals surface area contributed by atoms with Crippen molar-refractivity contribution in [1.82, 2.24) is 4.98 Å². The Hall–Kier alpha value is -0.600. The first kappa shape index (κ1) is 9.61. The Bertz CT molecular complexity index is 385. The number of hydrogen-bond acceptors (Lipinski definition) is 2. The highest BCUT2D eigenvalue weighted by molar-refractivity contribution is 6.29. The highest BCUT2D eigenvalue weighted by atomic mass is 35.5. The average molecular weight is 224 g/mol. The van der Waals surface area contributed by atoms with Crippen LogP contribution in [0.5, 0.6) is 0 Å². The van der Waals surface area contributed by atoms with Gasteiger partial charge in [-0.25, -0.2) is 4.98 Å². The van der Waals surface area contributed by atoms with Crippen LogP contribution in [0.1, 0.15) is 49.0 Å². The Morgan fingerprint density at radius 1 is 1.27 bits per heavy atom. The maximum Gasteiger partial charge on any atom is 0.129 e. The molecular weight excluding hydrogens is 210 g/mol. The van der Waals surface area contributed by atoms with E-state index in [0.29, 0.717) is 17.0 Å². The van der Waals surface area contributed by atoms with E-state index in [1.807, 2.05) is 6.07 Å². The fraction of sp³-hybridized carbons (Fsp3) is 0.583. The van der Waals surface area contributed by atoms with Crippen molar-refractivity contribution in [2.75, 3.05) is 0 Å². The van der Waals surface area contributed by atoms with Crippen LogP contribution < -0.4 is 0 Å². The molecule has 0 saturated heterocycles. The second-order valence-electron chi connectivity index (χ2n) is 4.70. The standard InChI is InChI=1S/C12H14ClNO/c13-11-6-9(12(15)8-3-4-8)5-10(14-11)7-1-2-7/h5-8,12,15H,1-4H2. The van der Waals surface area contributed by atoms with E-state index in [2.05, 4.69) is 4.98 Å². The molecule has 2 saturated carbocycles. The van der Waals surface area contributed by atoms with E-state index in [0.717, 1.165) is 24.1 Å². The lowest BCUT2D eigenvalue weighted by molar-refractivity contribution is 0.153. The van der Waals surface area contributed by atoms with Gasteiger partial charge in [0.25, 0.3) is 0 Å². The summed E-state index contributed by atoms with van der Waals surface area (Å²) in [4.78, 5) is 4.31. The lowest BCUT2D eigenvalue weighted by Crippen LogP contribution is -2.01. The van der Waals surface area contributed by atoms with Crippen molar-refractivity contribution in [3.63, 3.8) is 0 Å². The van der Waals surface area contributed by atoms with Crippen LogP contribution in [-0.4, -0.2) is 10.1 Å². The van der Waals surface area contributed by atoms with E-state index in [1.54, 1.807) is 6.07 Å². The molecule has 1 unspecified atom stereocenters. The molecular formula is C12H14ClNO. The van der Waals surface area contributed by atoms with E-state index < -0.39 is 0 Å². The van der Waals surface area contributed by atoms with Crippen LogP contribution in [0.3, 0.4) is 0 Å². The van der Waals surface area contributed by atoms with Crippen molar-refractivity contribution in [1.29, 1.82) is 0 Å². The minimum atomic E-state index is -0.331. The predicted molar refractivity (Wildman–Crippen MR) is 58.9 cm³/mol. The molecule has 1 aromatic rings. The highest BCUT2D eigenvalue weighted by Crippen LogP contribution is 2.44. The molecule has 80 valence electrons. The second-order valence-corrected chi connectivity index (χ2v) is 5.09. The van der Waals surface area contributed by atoms with Crippen molar-refractivity contribution in [3.8, 4) is 0 Å². The SMILES string of the molecule is OC(c1cc(Cl)nc(C2CC2)c1)C1CC1. The van der Waals surface area contributed by atoms with E-state index in [4.69, 9.17) is 11.6 Å². The summed E-state index contributed by atoms with van der Waals surface area (Å²) >= 11 is 5.97. The average Bonchev–Trinajstić information content (AvgIpc) is 3.04. The molecule has 1 atom stereocenters. The number of pyridine rings is 1. The van der Waals surface area contributed by atoms with Gasteiger partial charge in [0.15, 0.2) is 0 Å². The first-order valence-corrected chi connectivity index (χ1v) is 5.97. The van der Waals surface area contributed by atoms with Gasteiger partial charge < -0.3 is 5.11 Å². The quantitative estimate of drug-likeness (QED) is 0.799. The molecule has 0 aromatic carbocycles. The Labute approximate surface area is 94.3 Å². The van der Waals surface area contributed by atoms with Crippen molar-refractivity contribution in [2.24, 2.45) is 5.92 Å². The smallest absolute Gasteiger partial charge is 0.129 e. The summed E-state index contributed by atoms with van der Waals surface area (Å²) in [6.45, 7) is 0. The van der Waals surface area contributed by atoms with Gasteiger partial charge in [-0.1, -0.05) is 11.6 Å². The second kappa shape index (κ2) is 3.46. The van der Waals surface area contributed by atoms with Crippen LogP contribution in [-0.2, 0) is 0 Å². The lowest BCUT2D eigenvalue weighted by Gasteiger charge is -2.11. The molecule has 3 rings (SSSR count). The Balaban J connectivity index is 1.91. The summed E-state index contributed by atoms with van der Waals surface area (Å²) in [6, 6.07) is 3.84. The van der Waals surface area contributed by atoms with Gasteiger partial charge in [-0.3, -0.25) is 0 Å². The van der Waals surface area contributed by atoms with Crippen molar-refractivity contribution >= 4 is 11.6 Å². The number of halogens is 1. The van der Waals surface area contributed by atoms with Gasteiger partial charge in [-0.2, -0.15) is 0 Å². The third kappa shape index (κ3) is 2.01. The Morgan fingerprint density at radius 3 is 2.60 bits per heavy atom. The number of aromatic nitrogens is 1. The summed E-state index contributed by atoms with van der Waals surface area (Å²) in [6.07, 6.45) is 4.38. The van der Waals surface area contributed by atoms with Crippen LogP contribution in [0.15, 0.2) is 12.1 Å². The molecule has 0 aliphatic heterocycles. The van der Waals surface area contributed by atoms with Gasteiger partial charge in [-0.15, -0.1) is 0 Å². The van der Waals surface area contributed by atoms with Gasteiger partial charge in [0.1, 0.15) is 5.15 Å². The molecule has 3 heteroatoms. The number of aliphatic hydroxyl groups is 1. The monoisotopic (exact) mass is 223 g/mol. The van der Waals surface area contributed by atoms with E-state index in [1.165, 1.54) is 12.8 Å². The summed E-state index contributed by atoms with van der Waals surface area (Å²) in [5, 5.41) is 10.5. The van der Waals surface area contributed by atoms with Gasteiger partial charge in [0, 0.05) is 11.6 Å². The molecule has 0 spiro atoms. The zero-order valence-electron chi connectivity index (χ0n) is 8.49. The number of hydrogen-bond donors (Lipinski definition) is 1. The summed E-state index contributed by atoms with van der Waals surface area (Å²) in [7, 11) is 0. The number of nitrogens with zero attached hydrogens (tertiary/aromatic N) is 1. The fourth-order valence-corrected chi connectivity index (χ4v) is 2.20. The molecule has 0 radical (unpaired) electrons. The minimum Gasteiger partial charge on any atom is -0.388 e. The topological polar surface area (TPSA) is 33.1 Å². The third-order valence-corrected chi connectivity index (χ3v) is 3.44. The van der Waals surface area contributed by atoms with Crippen LogP contribution in [0.2, 0.25) is 5.15 Å². The fourth-order valence-electron chi connectivity index (χ4n) is 1.98. The summed E-state index contributed by atoms with van der Waals surface area (Å²) in [5.41, 5.74) is 2.02. The predicted octanol–water partition coefficient (Wildman–Crippen LogP) is 3.06. The molecule has 2 aliphatic rings. The molecule has 2 aliphatic carbocycles. The normalized spacial score (nSPS) is 22.8. The van der Waals surface area contributed by atoms with Gasteiger partial charge >= 0.3 is 0 Å². The molecule has 0 amide bonds. The maximum absolute atomic E-state index is 10.0.